The second kappa shape index (κ2) is 15.8. The summed E-state index contributed by atoms with van der Waals surface area (Å²) in [5.74, 6) is -6.98. The van der Waals surface area contributed by atoms with Gasteiger partial charge in [0.2, 0.25) is 5.91 Å². The van der Waals surface area contributed by atoms with Crippen LogP contribution in [0.3, 0.4) is 0 Å². The molecule has 14 nitrogen and oxygen atoms in total. The number of methoxy groups -OCH3 is 1. The van der Waals surface area contributed by atoms with Gasteiger partial charge in [-0.2, -0.15) is 0 Å². The minimum atomic E-state index is -2.20. The number of hydrogen-bond donors (Lipinski definition) is 1. The fourth-order valence-corrected chi connectivity index (χ4v) is 4.01. The molecule has 39 heavy (non-hydrogen) atoms. The Morgan fingerprint density at radius 3 is 2.13 bits per heavy atom. The first kappa shape index (κ1) is 33.5. The number of ether oxygens (including phenoxy) is 7. The molecular formula is C25H37NO13. The smallest absolute Gasteiger partial charge is 0.366 e. The zero-order chi connectivity index (χ0) is 29.8. The van der Waals surface area contributed by atoms with Gasteiger partial charge in [0.1, 0.15) is 18.8 Å². The minimum Gasteiger partial charge on any atom is -0.465 e. The van der Waals surface area contributed by atoms with Gasteiger partial charge in [0.25, 0.3) is 5.79 Å². The van der Waals surface area contributed by atoms with Gasteiger partial charge in [0.05, 0.1) is 26.2 Å². The Labute approximate surface area is 226 Å². The van der Waals surface area contributed by atoms with Crippen molar-refractivity contribution in [1.82, 2.24) is 5.32 Å². The topological polar surface area (TPSA) is 179 Å². The summed E-state index contributed by atoms with van der Waals surface area (Å²) in [4.78, 5) is 73.0. The van der Waals surface area contributed by atoms with Crippen molar-refractivity contribution >= 4 is 35.8 Å². The number of hydrogen-bond acceptors (Lipinski definition) is 13. The lowest BCUT2D eigenvalue weighted by molar-refractivity contribution is -0.314. The SMILES string of the molecule is C=CCCCOC1(C(=O)OC)C[C@H](OC(C)=O)[C@@H](NC(C)=O)[C@H]([C@H](OC(C)=O)[C@@H](COC(C)=O)OC(C)=O)O1. The van der Waals surface area contributed by atoms with Gasteiger partial charge in [-0.1, -0.05) is 6.08 Å². The first-order valence-electron chi connectivity index (χ1n) is 12.2. The highest BCUT2D eigenvalue weighted by atomic mass is 16.7. The highest BCUT2D eigenvalue weighted by Gasteiger charge is 2.59. The second-order valence-corrected chi connectivity index (χ2v) is 8.71. The van der Waals surface area contributed by atoms with E-state index < -0.39 is 85.0 Å². The van der Waals surface area contributed by atoms with Crippen LogP contribution in [0.15, 0.2) is 12.7 Å². The molecular weight excluding hydrogens is 522 g/mol. The molecule has 1 aliphatic rings. The zero-order valence-corrected chi connectivity index (χ0v) is 23.0. The summed E-state index contributed by atoms with van der Waals surface area (Å²) in [7, 11) is 1.09. The third kappa shape index (κ3) is 10.6. The molecule has 0 aromatic rings. The molecule has 0 aromatic carbocycles. The molecule has 0 saturated carbocycles. The van der Waals surface area contributed by atoms with Crippen LogP contribution >= 0.6 is 0 Å². The van der Waals surface area contributed by atoms with Gasteiger partial charge < -0.3 is 38.5 Å². The van der Waals surface area contributed by atoms with E-state index in [4.69, 9.17) is 33.2 Å². The van der Waals surface area contributed by atoms with E-state index in [1.807, 2.05) is 0 Å². The van der Waals surface area contributed by atoms with Crippen LogP contribution in [-0.2, 0) is 61.9 Å². The molecule has 220 valence electrons. The largest absolute Gasteiger partial charge is 0.465 e. The molecule has 1 rings (SSSR count). The van der Waals surface area contributed by atoms with E-state index in [0.29, 0.717) is 12.8 Å². The molecule has 0 bridgehead atoms. The average molecular weight is 560 g/mol. The van der Waals surface area contributed by atoms with E-state index in [1.165, 1.54) is 6.92 Å². The van der Waals surface area contributed by atoms with Crippen molar-refractivity contribution in [3.63, 3.8) is 0 Å². The molecule has 1 amide bonds. The van der Waals surface area contributed by atoms with Crippen molar-refractivity contribution in [1.29, 1.82) is 0 Å². The number of carbonyl (C=O) groups is 6. The third-order valence-corrected chi connectivity index (χ3v) is 5.38. The van der Waals surface area contributed by atoms with E-state index in [0.717, 1.165) is 34.8 Å². The Morgan fingerprint density at radius 1 is 1.00 bits per heavy atom. The lowest BCUT2D eigenvalue weighted by atomic mass is 9.88. The first-order chi connectivity index (χ1) is 18.3. The predicted molar refractivity (Wildman–Crippen MR) is 131 cm³/mol. The van der Waals surface area contributed by atoms with Gasteiger partial charge >= 0.3 is 29.8 Å². The molecule has 0 aromatic heterocycles. The van der Waals surface area contributed by atoms with E-state index in [9.17, 15) is 28.8 Å². The maximum absolute atomic E-state index is 13.1. The zero-order valence-electron chi connectivity index (χ0n) is 23.0. The van der Waals surface area contributed by atoms with Crippen molar-refractivity contribution in [3.8, 4) is 0 Å². The Kier molecular flexibility index (Phi) is 13.6. The molecule has 1 aliphatic heterocycles. The number of carbonyl (C=O) groups excluding carboxylic acids is 6. The number of amides is 1. The lowest BCUT2D eigenvalue weighted by Gasteiger charge is -2.48. The minimum absolute atomic E-state index is 0.0233. The molecule has 0 spiro atoms. The van der Waals surface area contributed by atoms with Crippen LogP contribution in [-0.4, -0.2) is 92.3 Å². The maximum Gasteiger partial charge on any atom is 0.366 e. The summed E-state index contributed by atoms with van der Waals surface area (Å²) in [6, 6.07) is -1.25. The third-order valence-electron chi connectivity index (χ3n) is 5.38. The van der Waals surface area contributed by atoms with Crippen LogP contribution in [0.1, 0.15) is 53.9 Å². The molecule has 1 saturated heterocycles. The van der Waals surface area contributed by atoms with Gasteiger partial charge in [-0.15, -0.1) is 6.58 Å². The van der Waals surface area contributed by atoms with Crippen LogP contribution < -0.4 is 5.32 Å². The van der Waals surface area contributed by atoms with Crippen molar-refractivity contribution in [2.24, 2.45) is 0 Å². The Hall–Kier alpha value is -3.52. The molecule has 1 fully saturated rings. The molecule has 1 N–H and O–H groups in total. The number of nitrogens with one attached hydrogen (secondary N) is 1. The van der Waals surface area contributed by atoms with Crippen LogP contribution in [0.25, 0.3) is 0 Å². The van der Waals surface area contributed by atoms with E-state index in [2.05, 4.69) is 11.9 Å². The number of allylic oxidation sites excluding steroid dienone is 1. The molecule has 1 heterocycles. The van der Waals surface area contributed by atoms with Crippen LogP contribution in [0.5, 0.6) is 0 Å². The second-order valence-electron chi connectivity index (χ2n) is 8.71. The fourth-order valence-electron chi connectivity index (χ4n) is 4.01. The van der Waals surface area contributed by atoms with Crippen LogP contribution in [0.2, 0.25) is 0 Å². The Balaban J connectivity index is 3.77. The normalized spacial score (nSPS) is 23.8. The van der Waals surface area contributed by atoms with Crippen LogP contribution in [0, 0.1) is 0 Å². The predicted octanol–water partition coefficient (Wildman–Crippen LogP) is 0.490. The highest BCUT2D eigenvalue weighted by molar-refractivity contribution is 5.79. The molecule has 1 unspecified atom stereocenters. The fraction of sp³-hybridized carbons (Fsp3) is 0.680. The molecule has 6 atom stereocenters. The monoisotopic (exact) mass is 559 g/mol. The first-order valence-corrected chi connectivity index (χ1v) is 12.2. The average Bonchev–Trinajstić information content (AvgIpc) is 2.83. The van der Waals surface area contributed by atoms with Crippen molar-refractivity contribution in [3.05, 3.63) is 12.7 Å². The molecule has 0 aliphatic carbocycles. The summed E-state index contributed by atoms with van der Waals surface area (Å²) in [6.45, 7) is 8.56. The van der Waals surface area contributed by atoms with Gasteiger partial charge in [-0.3, -0.25) is 24.0 Å². The summed E-state index contributed by atoms with van der Waals surface area (Å²) in [6.07, 6.45) is -3.69. The lowest BCUT2D eigenvalue weighted by Crippen LogP contribution is -2.69. The number of rotatable bonds is 14. The van der Waals surface area contributed by atoms with Gasteiger partial charge in [-0.05, 0) is 12.8 Å². The van der Waals surface area contributed by atoms with Gasteiger partial charge in [-0.25, -0.2) is 4.79 Å². The Bertz CT molecular complexity index is 920. The standard InChI is InChI=1S/C25H37NO13/c1-8-9-10-11-35-25(24(32)33-7)12-19(36-16(4)29)21(26-14(2)27)23(39-25)22(38-18(6)31)20(37-17(5)30)13-34-15(3)28/h8,19-23H,1,9-13H2,2-7H3,(H,26,27)/t19-,20+,21+,22+,23+,25?/m0/s1. The molecule has 14 heteroatoms. The van der Waals surface area contributed by atoms with E-state index in [1.54, 1.807) is 6.08 Å². The quantitative estimate of drug-likeness (QED) is 0.135. The molecule has 0 radical (unpaired) electrons. The van der Waals surface area contributed by atoms with Gasteiger partial charge in [0, 0.05) is 34.6 Å². The summed E-state index contributed by atoms with van der Waals surface area (Å²) < 4.78 is 38.1. The summed E-state index contributed by atoms with van der Waals surface area (Å²) >= 11 is 0. The van der Waals surface area contributed by atoms with E-state index in [-0.39, 0.29) is 6.61 Å². The van der Waals surface area contributed by atoms with Crippen molar-refractivity contribution < 1.29 is 61.9 Å². The van der Waals surface area contributed by atoms with Gasteiger partial charge in [0.15, 0.2) is 12.2 Å². The van der Waals surface area contributed by atoms with Crippen LogP contribution in [0.4, 0.5) is 0 Å². The Morgan fingerprint density at radius 2 is 1.64 bits per heavy atom. The van der Waals surface area contributed by atoms with Crippen molar-refractivity contribution in [2.75, 3.05) is 20.3 Å². The van der Waals surface area contributed by atoms with Crippen molar-refractivity contribution in [2.45, 2.75) is 90.1 Å². The van der Waals surface area contributed by atoms with E-state index >= 15 is 0 Å². The maximum atomic E-state index is 13.1. The highest BCUT2D eigenvalue weighted by Crippen LogP contribution is 2.37. The summed E-state index contributed by atoms with van der Waals surface area (Å²) in [5.41, 5.74) is 0. The number of esters is 5. The summed E-state index contributed by atoms with van der Waals surface area (Å²) in [5, 5.41) is 2.58. The number of unbranched alkanes of at least 4 members (excludes halogenated alkanes) is 1.